The largest absolute Gasteiger partial charge is 0.269 e. The summed E-state index contributed by atoms with van der Waals surface area (Å²) in [5.74, 6) is 0. The van der Waals surface area contributed by atoms with Crippen LogP contribution in [0.2, 0.25) is 0 Å². The van der Waals surface area contributed by atoms with Gasteiger partial charge in [-0.2, -0.15) is 5.10 Å². The molecule has 8 nitrogen and oxygen atoms in total. The van der Waals surface area contributed by atoms with E-state index in [2.05, 4.69) is 25.7 Å². The SMILES string of the molecule is Cc1nc(N/N=C/c2ccccc2)sc1N=Nc1ccc([N+](=O)[O-])cc1. The Labute approximate surface area is 153 Å². The zero-order valence-corrected chi connectivity index (χ0v) is 14.6. The number of aryl methyl sites for hydroxylation is 1. The van der Waals surface area contributed by atoms with Crippen molar-refractivity contribution in [3.63, 3.8) is 0 Å². The van der Waals surface area contributed by atoms with Gasteiger partial charge in [0.25, 0.3) is 5.69 Å². The lowest BCUT2D eigenvalue weighted by molar-refractivity contribution is -0.384. The molecule has 9 heteroatoms. The second kappa shape index (κ2) is 8.08. The fraction of sp³-hybridized carbons (Fsp3) is 0.0588. The van der Waals surface area contributed by atoms with Crippen LogP contribution in [0.4, 0.5) is 21.5 Å². The van der Waals surface area contributed by atoms with Crippen LogP contribution < -0.4 is 5.43 Å². The number of nitrogens with one attached hydrogen (secondary N) is 1. The summed E-state index contributed by atoms with van der Waals surface area (Å²) in [5, 5.41) is 24.3. The summed E-state index contributed by atoms with van der Waals surface area (Å²) in [6.45, 7) is 1.83. The number of aromatic nitrogens is 1. The molecule has 0 amide bonds. The maximum absolute atomic E-state index is 10.6. The fourth-order valence-corrected chi connectivity index (χ4v) is 2.71. The van der Waals surface area contributed by atoms with Gasteiger partial charge in [-0.3, -0.25) is 15.5 Å². The van der Waals surface area contributed by atoms with Gasteiger partial charge in [-0.25, -0.2) is 4.98 Å². The average Bonchev–Trinajstić information content (AvgIpc) is 3.01. The predicted octanol–water partition coefficient (Wildman–Crippen LogP) is 5.22. The summed E-state index contributed by atoms with van der Waals surface area (Å²) in [5.41, 5.74) is 5.11. The number of nitro groups is 1. The van der Waals surface area contributed by atoms with Crippen molar-refractivity contribution in [3.05, 3.63) is 76.0 Å². The van der Waals surface area contributed by atoms with Crippen LogP contribution in [0.1, 0.15) is 11.3 Å². The molecule has 0 aliphatic heterocycles. The van der Waals surface area contributed by atoms with Crippen molar-refractivity contribution in [2.75, 3.05) is 5.43 Å². The van der Waals surface area contributed by atoms with Crippen molar-refractivity contribution < 1.29 is 4.92 Å². The van der Waals surface area contributed by atoms with Crippen molar-refractivity contribution in [2.45, 2.75) is 6.92 Å². The van der Waals surface area contributed by atoms with E-state index < -0.39 is 4.92 Å². The number of rotatable bonds is 6. The number of hydrogen-bond donors (Lipinski definition) is 1. The van der Waals surface area contributed by atoms with Crippen molar-refractivity contribution >= 4 is 39.1 Å². The Balaban J connectivity index is 1.66. The van der Waals surface area contributed by atoms with E-state index in [-0.39, 0.29) is 5.69 Å². The molecule has 0 radical (unpaired) electrons. The monoisotopic (exact) mass is 366 g/mol. The molecular weight excluding hydrogens is 352 g/mol. The third-order valence-electron chi connectivity index (χ3n) is 3.26. The highest BCUT2D eigenvalue weighted by molar-refractivity contribution is 7.19. The van der Waals surface area contributed by atoms with Gasteiger partial charge >= 0.3 is 0 Å². The number of azo groups is 1. The van der Waals surface area contributed by atoms with E-state index in [1.807, 2.05) is 37.3 Å². The molecule has 0 aliphatic carbocycles. The highest BCUT2D eigenvalue weighted by atomic mass is 32.1. The van der Waals surface area contributed by atoms with E-state index in [1.54, 1.807) is 18.3 Å². The molecule has 1 N–H and O–H groups in total. The molecule has 0 fully saturated rings. The van der Waals surface area contributed by atoms with Crippen molar-refractivity contribution in [1.82, 2.24) is 4.98 Å². The fourth-order valence-electron chi connectivity index (χ4n) is 1.97. The van der Waals surface area contributed by atoms with Gasteiger partial charge in [-0.1, -0.05) is 41.7 Å². The van der Waals surface area contributed by atoms with E-state index in [0.29, 0.717) is 15.8 Å². The van der Waals surface area contributed by atoms with Crippen LogP contribution in [-0.2, 0) is 0 Å². The summed E-state index contributed by atoms with van der Waals surface area (Å²) in [6, 6.07) is 15.6. The first-order valence-corrected chi connectivity index (χ1v) is 8.41. The Hall–Kier alpha value is -3.46. The Kier molecular flexibility index (Phi) is 5.40. The summed E-state index contributed by atoms with van der Waals surface area (Å²) in [6.07, 6.45) is 1.70. The molecule has 0 unspecified atom stereocenters. The number of benzene rings is 2. The second-order valence-corrected chi connectivity index (χ2v) is 6.14. The van der Waals surface area contributed by atoms with Gasteiger partial charge in [-0.05, 0) is 24.6 Å². The van der Waals surface area contributed by atoms with Crippen LogP contribution in [0.25, 0.3) is 0 Å². The minimum atomic E-state index is -0.456. The molecule has 2 aromatic carbocycles. The second-order valence-electron chi connectivity index (χ2n) is 5.16. The van der Waals surface area contributed by atoms with Crippen LogP contribution in [0.15, 0.2) is 69.9 Å². The molecule has 1 heterocycles. The van der Waals surface area contributed by atoms with Gasteiger partial charge in [-0.15, -0.1) is 10.2 Å². The number of nitro benzene ring substituents is 1. The van der Waals surface area contributed by atoms with Crippen LogP contribution in [0.5, 0.6) is 0 Å². The zero-order chi connectivity index (χ0) is 18.4. The molecule has 0 saturated carbocycles. The predicted molar refractivity (Wildman–Crippen MR) is 102 cm³/mol. The number of hydrazone groups is 1. The first-order chi connectivity index (χ1) is 12.6. The highest BCUT2D eigenvalue weighted by Gasteiger charge is 2.07. The van der Waals surface area contributed by atoms with Gasteiger partial charge in [0.15, 0.2) is 5.00 Å². The number of non-ortho nitro benzene ring substituents is 1. The van der Waals surface area contributed by atoms with E-state index in [1.165, 1.54) is 23.5 Å². The van der Waals surface area contributed by atoms with Gasteiger partial charge < -0.3 is 0 Å². The Morgan fingerprint density at radius 1 is 1.12 bits per heavy atom. The van der Waals surface area contributed by atoms with Gasteiger partial charge in [0.05, 0.1) is 22.5 Å². The summed E-state index contributed by atoms with van der Waals surface area (Å²) in [7, 11) is 0. The molecule has 0 saturated heterocycles. The molecular formula is C17H14N6O2S. The van der Waals surface area contributed by atoms with Crippen LogP contribution >= 0.6 is 11.3 Å². The standard InChI is InChI=1S/C17H14N6O2S/c1-12-16(21-20-14-7-9-15(10-8-14)23(24)25)26-17(19-12)22-18-11-13-5-3-2-4-6-13/h2-11H,1H3,(H,19,22)/b18-11+,21-20?. The molecule has 0 spiro atoms. The van der Waals surface area contributed by atoms with Crippen molar-refractivity contribution in [3.8, 4) is 0 Å². The minimum Gasteiger partial charge on any atom is -0.258 e. The van der Waals surface area contributed by atoms with Gasteiger partial charge in [0, 0.05) is 12.1 Å². The van der Waals surface area contributed by atoms with Crippen LogP contribution in [0.3, 0.4) is 0 Å². The first kappa shape index (κ1) is 17.4. The molecule has 1 aromatic heterocycles. The van der Waals surface area contributed by atoms with Crippen molar-refractivity contribution in [2.24, 2.45) is 15.3 Å². The zero-order valence-electron chi connectivity index (χ0n) is 13.7. The summed E-state index contributed by atoms with van der Waals surface area (Å²) >= 11 is 1.32. The van der Waals surface area contributed by atoms with Crippen molar-refractivity contribution in [1.29, 1.82) is 0 Å². The molecule has 0 atom stereocenters. The lowest BCUT2D eigenvalue weighted by atomic mass is 10.2. The lowest BCUT2D eigenvalue weighted by Crippen LogP contribution is -1.89. The van der Waals surface area contributed by atoms with Gasteiger partial charge in [0.1, 0.15) is 0 Å². The molecule has 3 aromatic rings. The topological polar surface area (TPSA) is 105 Å². The summed E-state index contributed by atoms with van der Waals surface area (Å²) < 4.78 is 0. The third kappa shape index (κ3) is 4.54. The smallest absolute Gasteiger partial charge is 0.258 e. The maximum atomic E-state index is 10.6. The Bertz CT molecular complexity index is 951. The normalized spacial score (nSPS) is 11.3. The highest BCUT2D eigenvalue weighted by Crippen LogP contribution is 2.32. The molecule has 0 aliphatic rings. The van der Waals surface area contributed by atoms with E-state index in [0.717, 1.165) is 11.3 Å². The molecule has 26 heavy (non-hydrogen) atoms. The molecule has 0 bridgehead atoms. The minimum absolute atomic E-state index is 0.0145. The number of anilines is 1. The van der Waals surface area contributed by atoms with Crippen LogP contribution in [-0.4, -0.2) is 16.1 Å². The van der Waals surface area contributed by atoms with Crippen LogP contribution in [0, 0.1) is 17.0 Å². The molecule has 3 rings (SSSR count). The number of nitrogens with zero attached hydrogens (tertiary/aromatic N) is 5. The molecule has 130 valence electrons. The third-order valence-corrected chi connectivity index (χ3v) is 4.21. The number of hydrogen-bond acceptors (Lipinski definition) is 8. The van der Waals surface area contributed by atoms with E-state index >= 15 is 0 Å². The van der Waals surface area contributed by atoms with E-state index in [9.17, 15) is 10.1 Å². The van der Waals surface area contributed by atoms with Gasteiger partial charge in [0.2, 0.25) is 5.13 Å². The first-order valence-electron chi connectivity index (χ1n) is 7.59. The number of thiazole rings is 1. The Morgan fingerprint density at radius 2 is 1.85 bits per heavy atom. The van der Waals surface area contributed by atoms with E-state index in [4.69, 9.17) is 0 Å². The Morgan fingerprint density at radius 3 is 2.54 bits per heavy atom. The average molecular weight is 366 g/mol. The maximum Gasteiger partial charge on any atom is 0.269 e. The quantitative estimate of drug-likeness (QED) is 0.279. The summed E-state index contributed by atoms with van der Waals surface area (Å²) in [4.78, 5) is 14.5. The lowest BCUT2D eigenvalue weighted by Gasteiger charge is -1.93.